The second-order valence-corrected chi connectivity index (χ2v) is 7.60. The lowest BCUT2D eigenvalue weighted by molar-refractivity contribution is -0.120. The number of halogens is 1. The Bertz CT molecular complexity index is 929. The van der Waals surface area contributed by atoms with Gasteiger partial charge in [-0.1, -0.05) is 11.6 Å². The molecule has 2 aromatic rings. The molecule has 8 nitrogen and oxygen atoms in total. The van der Waals surface area contributed by atoms with Gasteiger partial charge in [0.2, 0.25) is 10.0 Å². The zero-order valence-corrected chi connectivity index (χ0v) is 14.8. The van der Waals surface area contributed by atoms with E-state index in [0.717, 1.165) is 0 Å². The zero-order chi connectivity index (χ0) is 18.7. The van der Waals surface area contributed by atoms with E-state index in [1.165, 1.54) is 24.3 Å². The van der Waals surface area contributed by atoms with E-state index in [0.29, 0.717) is 16.5 Å². The fraction of sp³-hybridized carbons (Fsp3) is 0.125. The minimum absolute atomic E-state index is 0.00527. The summed E-state index contributed by atoms with van der Waals surface area (Å²) in [6, 6.07) is 10.9. The molecule has 3 N–H and O–H groups in total. The van der Waals surface area contributed by atoms with Crippen LogP contribution in [-0.4, -0.2) is 32.9 Å². The first-order chi connectivity index (χ1) is 12.3. The summed E-state index contributed by atoms with van der Waals surface area (Å²) in [7, 11) is -3.84. The van der Waals surface area contributed by atoms with Crippen LogP contribution in [0.15, 0.2) is 53.4 Å². The highest BCUT2D eigenvalue weighted by Gasteiger charge is 2.30. The maximum absolute atomic E-state index is 12.3. The van der Waals surface area contributed by atoms with Crippen molar-refractivity contribution in [2.45, 2.75) is 10.9 Å². The van der Waals surface area contributed by atoms with E-state index < -0.39 is 28.0 Å². The summed E-state index contributed by atoms with van der Waals surface area (Å²) in [5.41, 5.74) is 0. The van der Waals surface area contributed by atoms with Crippen LogP contribution in [0.2, 0.25) is 5.02 Å². The molecule has 2 aromatic carbocycles. The fourth-order valence-corrected chi connectivity index (χ4v) is 3.38. The van der Waals surface area contributed by atoms with Gasteiger partial charge in [-0.2, -0.15) is 0 Å². The van der Waals surface area contributed by atoms with E-state index in [2.05, 4.69) is 10.0 Å². The van der Waals surface area contributed by atoms with Crippen molar-refractivity contribution in [2.75, 3.05) is 6.54 Å². The van der Waals surface area contributed by atoms with E-state index >= 15 is 0 Å². The first-order valence-corrected chi connectivity index (χ1v) is 9.34. The molecule has 1 atom stereocenters. The molecule has 0 saturated carbocycles. The third-order valence-corrected chi connectivity index (χ3v) is 5.21. The van der Waals surface area contributed by atoms with Crippen LogP contribution in [0.4, 0.5) is 4.79 Å². The largest absolute Gasteiger partial charge is 0.457 e. The number of carbonyl (C=O) groups excluding carboxylic acids is 2. The molecule has 1 heterocycles. The van der Waals surface area contributed by atoms with Gasteiger partial charge in [0.05, 0.1) is 4.90 Å². The van der Waals surface area contributed by atoms with Gasteiger partial charge < -0.3 is 10.1 Å². The molecular formula is C16H14ClN3O5S. The van der Waals surface area contributed by atoms with E-state index in [1.54, 1.807) is 24.3 Å². The molecule has 0 aliphatic carbocycles. The molecule has 3 rings (SSSR count). The molecule has 3 amide bonds. The number of benzene rings is 2. The lowest BCUT2D eigenvalue weighted by atomic mass is 10.3. The molecule has 1 aliphatic rings. The third kappa shape index (κ3) is 4.31. The second kappa shape index (κ2) is 7.32. The number of sulfonamides is 1. The van der Waals surface area contributed by atoms with Gasteiger partial charge in [-0.15, -0.1) is 0 Å². The van der Waals surface area contributed by atoms with Gasteiger partial charge in [-0.3, -0.25) is 10.1 Å². The van der Waals surface area contributed by atoms with E-state index in [4.69, 9.17) is 16.3 Å². The van der Waals surface area contributed by atoms with Crippen molar-refractivity contribution in [1.82, 2.24) is 15.4 Å². The van der Waals surface area contributed by atoms with Crippen LogP contribution in [0, 0.1) is 0 Å². The number of urea groups is 1. The Labute approximate surface area is 154 Å². The molecule has 0 radical (unpaired) electrons. The van der Waals surface area contributed by atoms with Crippen molar-refractivity contribution in [3.05, 3.63) is 53.6 Å². The van der Waals surface area contributed by atoms with Gasteiger partial charge in [0, 0.05) is 11.6 Å². The summed E-state index contributed by atoms with van der Waals surface area (Å²) in [6.45, 7) is -0.247. The van der Waals surface area contributed by atoms with Gasteiger partial charge >= 0.3 is 6.03 Å². The maximum atomic E-state index is 12.3. The van der Waals surface area contributed by atoms with Crippen molar-refractivity contribution < 1.29 is 22.7 Å². The van der Waals surface area contributed by atoms with Crippen molar-refractivity contribution in [3.8, 4) is 11.5 Å². The number of rotatable bonds is 6. The molecule has 10 heteroatoms. The van der Waals surface area contributed by atoms with Crippen molar-refractivity contribution in [1.29, 1.82) is 0 Å². The monoisotopic (exact) mass is 395 g/mol. The molecule has 0 bridgehead atoms. The highest BCUT2D eigenvalue weighted by atomic mass is 35.5. The molecule has 136 valence electrons. The number of imide groups is 1. The van der Waals surface area contributed by atoms with Gasteiger partial charge in [0.1, 0.15) is 17.5 Å². The standard InChI is InChI=1S/C16H14ClN3O5S/c17-10-1-3-11(4-2-10)25-12-5-7-13(8-6-12)26(23,24)18-9-14-15(21)20-16(22)19-14/h1-8,14,18H,9H2,(H2,19,20,21,22). The first kappa shape index (κ1) is 18.2. The quantitative estimate of drug-likeness (QED) is 0.643. The number of carbonyl (C=O) groups is 2. The normalized spacial score (nSPS) is 16.9. The predicted molar refractivity (Wildman–Crippen MR) is 93.6 cm³/mol. The van der Waals surface area contributed by atoms with Crippen LogP contribution < -0.4 is 20.1 Å². The summed E-state index contributed by atoms with van der Waals surface area (Å²) in [6.07, 6.45) is 0. The summed E-state index contributed by atoms with van der Waals surface area (Å²) in [5.74, 6) is 0.434. The summed E-state index contributed by atoms with van der Waals surface area (Å²) >= 11 is 5.80. The molecule has 1 saturated heterocycles. The minimum Gasteiger partial charge on any atom is -0.457 e. The van der Waals surface area contributed by atoms with Gasteiger partial charge in [0.15, 0.2) is 0 Å². The Balaban J connectivity index is 1.64. The molecule has 26 heavy (non-hydrogen) atoms. The smallest absolute Gasteiger partial charge is 0.322 e. The molecule has 0 aromatic heterocycles. The minimum atomic E-state index is -3.84. The van der Waals surface area contributed by atoms with Crippen LogP contribution in [0.3, 0.4) is 0 Å². The van der Waals surface area contributed by atoms with Crippen LogP contribution in [-0.2, 0) is 14.8 Å². The van der Waals surface area contributed by atoms with E-state index in [9.17, 15) is 18.0 Å². The van der Waals surface area contributed by atoms with Gasteiger partial charge in [-0.25, -0.2) is 17.9 Å². The van der Waals surface area contributed by atoms with Gasteiger partial charge in [-0.05, 0) is 48.5 Å². The maximum Gasteiger partial charge on any atom is 0.322 e. The molecule has 1 fully saturated rings. The summed E-state index contributed by atoms with van der Waals surface area (Å²) in [5, 5.41) is 4.92. The second-order valence-electron chi connectivity index (χ2n) is 5.39. The van der Waals surface area contributed by atoms with E-state index in [1.807, 2.05) is 5.32 Å². The Kier molecular flexibility index (Phi) is 5.12. The van der Waals surface area contributed by atoms with Crippen LogP contribution in [0.1, 0.15) is 0 Å². The highest BCUT2D eigenvalue weighted by molar-refractivity contribution is 7.89. The molecular weight excluding hydrogens is 382 g/mol. The Morgan fingerprint density at radius 2 is 1.58 bits per heavy atom. The third-order valence-electron chi connectivity index (χ3n) is 3.52. The average Bonchev–Trinajstić information content (AvgIpc) is 2.93. The SMILES string of the molecule is O=C1NC(=O)C(CNS(=O)(=O)c2ccc(Oc3ccc(Cl)cc3)cc2)N1. The van der Waals surface area contributed by atoms with Crippen molar-refractivity contribution >= 4 is 33.6 Å². The number of nitrogens with one attached hydrogen (secondary N) is 3. The van der Waals surface area contributed by atoms with Crippen LogP contribution >= 0.6 is 11.6 Å². The zero-order valence-electron chi connectivity index (χ0n) is 13.2. The van der Waals surface area contributed by atoms with Crippen LogP contribution in [0.5, 0.6) is 11.5 Å². The molecule has 1 aliphatic heterocycles. The van der Waals surface area contributed by atoms with Crippen LogP contribution in [0.25, 0.3) is 0 Å². The number of amides is 3. The van der Waals surface area contributed by atoms with Crippen molar-refractivity contribution in [2.24, 2.45) is 0 Å². The first-order valence-electron chi connectivity index (χ1n) is 7.48. The lowest BCUT2D eigenvalue weighted by Crippen LogP contribution is -2.41. The Morgan fingerprint density at radius 3 is 2.12 bits per heavy atom. The lowest BCUT2D eigenvalue weighted by Gasteiger charge is -2.11. The van der Waals surface area contributed by atoms with E-state index in [-0.39, 0.29) is 11.4 Å². The number of hydrogen-bond acceptors (Lipinski definition) is 5. The predicted octanol–water partition coefficient (Wildman–Crippen LogP) is 1.62. The highest BCUT2D eigenvalue weighted by Crippen LogP contribution is 2.24. The average molecular weight is 396 g/mol. The molecule has 1 unspecified atom stereocenters. The fourth-order valence-electron chi connectivity index (χ4n) is 2.20. The number of hydrogen-bond donors (Lipinski definition) is 3. The topological polar surface area (TPSA) is 114 Å². The summed E-state index contributed by atoms with van der Waals surface area (Å²) in [4.78, 5) is 22.5. The Morgan fingerprint density at radius 1 is 1.00 bits per heavy atom. The van der Waals surface area contributed by atoms with Crippen molar-refractivity contribution in [3.63, 3.8) is 0 Å². The molecule has 0 spiro atoms. The summed E-state index contributed by atoms with van der Waals surface area (Å²) < 4.78 is 32.4. The number of ether oxygens (including phenoxy) is 1. The van der Waals surface area contributed by atoms with Gasteiger partial charge in [0.25, 0.3) is 5.91 Å². The Hall–Kier alpha value is -2.62.